The number of carbonyl (C=O) groups excluding carboxylic acids is 9. The average molecular weight is 2060 g/mol. The van der Waals surface area contributed by atoms with Gasteiger partial charge in [-0.2, -0.15) is 23.5 Å². The summed E-state index contributed by atoms with van der Waals surface area (Å²) in [6.07, 6.45) is 12.1. The monoisotopic (exact) mass is 2060 g/mol. The van der Waals surface area contributed by atoms with Crippen LogP contribution in [-0.2, 0) is 64.9 Å². The van der Waals surface area contributed by atoms with E-state index < -0.39 is 83.6 Å². The fraction of sp³-hybridized carbons (Fsp3) is 0.550. The Labute approximate surface area is 840 Å². The molecular formula is C100H108F5N15O22S3. The third-order valence-corrected chi connectivity index (χ3v) is 34.9. The number of thioether (sulfide) groups is 2. The first kappa shape index (κ1) is 96.2. The molecule has 0 N–H and O–H groups in total. The Morgan fingerprint density at radius 3 is 1.10 bits per heavy atom. The lowest BCUT2D eigenvalue weighted by molar-refractivity contribution is -0.127. The van der Waals surface area contributed by atoms with Crippen LogP contribution in [0.15, 0.2) is 91.6 Å². The van der Waals surface area contributed by atoms with Crippen molar-refractivity contribution in [3.8, 4) is 28.7 Å². The topological polar surface area (TPSA) is 370 Å². The van der Waals surface area contributed by atoms with Crippen molar-refractivity contribution in [1.29, 1.82) is 0 Å². The van der Waals surface area contributed by atoms with E-state index in [0.717, 1.165) is 114 Å². The molecule has 15 fully saturated rings. The second-order valence-corrected chi connectivity index (χ2v) is 44.7. The molecule has 768 valence electrons. The number of hydrogen-bond acceptors (Lipinski definition) is 33. The highest BCUT2D eigenvalue weighted by Gasteiger charge is 2.57. The highest BCUT2D eigenvalue weighted by molar-refractivity contribution is 7.99. The van der Waals surface area contributed by atoms with Gasteiger partial charge in [0, 0.05) is 220 Å². The Kier molecular flexibility index (Phi) is 26.0. The number of amides is 5. The lowest BCUT2D eigenvalue weighted by Crippen LogP contribution is -2.66. The van der Waals surface area contributed by atoms with E-state index in [-0.39, 0.29) is 126 Å². The summed E-state index contributed by atoms with van der Waals surface area (Å²) in [6.45, 7) is 11.7. The average Bonchev–Trinajstić information content (AvgIpc) is 1.75. The van der Waals surface area contributed by atoms with Crippen molar-refractivity contribution < 1.29 is 126 Å². The van der Waals surface area contributed by atoms with Crippen LogP contribution in [0, 0.1) is 45.8 Å². The number of cyclic esters (lactones) is 5. The minimum absolute atomic E-state index is 0.0276. The maximum absolute atomic E-state index is 15.3. The Morgan fingerprint density at radius 2 is 0.759 bits per heavy atom. The number of Topliss-reactive ketones (excluding diaryl/α,β-unsaturated/α-hetero) is 4. The van der Waals surface area contributed by atoms with Crippen molar-refractivity contribution in [1.82, 2.24) is 25.0 Å². The van der Waals surface area contributed by atoms with Crippen LogP contribution in [0.25, 0.3) is 0 Å². The smallest absolute Gasteiger partial charge is 0.415 e. The van der Waals surface area contributed by atoms with E-state index in [1.807, 2.05) is 38.2 Å². The van der Waals surface area contributed by atoms with Gasteiger partial charge in [-0.25, -0.2) is 55.6 Å². The van der Waals surface area contributed by atoms with Gasteiger partial charge in [-0.1, -0.05) is 5.21 Å². The predicted octanol–water partition coefficient (Wildman–Crippen LogP) is 12.2. The van der Waals surface area contributed by atoms with Gasteiger partial charge in [0.1, 0.15) is 175 Å². The normalized spacial score (nSPS) is 27.8. The molecule has 4 bridgehead atoms. The van der Waals surface area contributed by atoms with Crippen LogP contribution in [0.5, 0.6) is 28.7 Å². The van der Waals surface area contributed by atoms with E-state index in [9.17, 15) is 60.5 Å². The van der Waals surface area contributed by atoms with Gasteiger partial charge in [-0.05, 0) is 78.1 Å². The van der Waals surface area contributed by atoms with Crippen LogP contribution in [0.4, 0.5) is 103 Å². The van der Waals surface area contributed by atoms with Crippen LogP contribution < -0.4 is 72.7 Å². The van der Waals surface area contributed by atoms with Crippen LogP contribution in [-0.4, -0.2) is 301 Å². The number of halogens is 5. The quantitative estimate of drug-likeness (QED) is 0.0366. The Hall–Kier alpha value is -12.2. The fourth-order valence-corrected chi connectivity index (χ4v) is 27.1. The largest absolute Gasteiger partial charge is 0.489 e. The van der Waals surface area contributed by atoms with Crippen molar-refractivity contribution in [3.05, 3.63) is 126 Å². The molecule has 45 heteroatoms. The molecule has 7 aromatic rings. The summed E-state index contributed by atoms with van der Waals surface area (Å²) in [5.74, 6) is 5.99. The number of anilines is 10. The maximum Gasteiger partial charge on any atom is 0.415 e. The zero-order valence-corrected chi connectivity index (χ0v) is 82.0. The highest BCUT2D eigenvalue weighted by Crippen LogP contribution is 2.54. The predicted molar refractivity (Wildman–Crippen MR) is 519 cm³/mol. The second-order valence-electron chi connectivity index (χ2n) is 40.8. The highest BCUT2D eigenvalue weighted by atomic mass is 32.2. The van der Waals surface area contributed by atoms with Crippen LogP contribution >= 0.6 is 23.5 Å². The van der Waals surface area contributed by atoms with E-state index >= 15 is 8.78 Å². The van der Waals surface area contributed by atoms with E-state index in [4.69, 9.17) is 56.8 Å². The first-order valence-electron chi connectivity index (χ1n) is 49.6. The number of hydrogen-bond donors (Lipinski definition) is 0. The summed E-state index contributed by atoms with van der Waals surface area (Å²) in [5, 5.41) is 7.71. The number of aromatic nitrogens is 5. The summed E-state index contributed by atoms with van der Waals surface area (Å²) in [7, 11) is -0.850. The van der Waals surface area contributed by atoms with Gasteiger partial charge < -0.3 is 90.9 Å². The third kappa shape index (κ3) is 18.5. The molecule has 0 radical (unpaired) electrons. The maximum atomic E-state index is 15.3. The zero-order chi connectivity index (χ0) is 99.7. The molecule has 1 aliphatic carbocycles. The molecule has 21 heterocycles. The molecule has 19 aliphatic heterocycles. The first-order chi connectivity index (χ1) is 70.2. The molecule has 2 spiro atoms. The van der Waals surface area contributed by atoms with Crippen molar-refractivity contribution >= 4 is 145 Å². The molecule has 145 heavy (non-hydrogen) atoms. The molecule has 14 saturated heterocycles. The van der Waals surface area contributed by atoms with E-state index in [2.05, 4.69) is 30.1 Å². The number of nitrogens with zero attached hydrogens (tertiary/aromatic N) is 15. The first-order valence-corrected chi connectivity index (χ1v) is 53.4. The summed E-state index contributed by atoms with van der Waals surface area (Å²) in [6, 6.07) is 15.0. The van der Waals surface area contributed by atoms with Crippen LogP contribution in [0.2, 0.25) is 0 Å². The molecule has 2 aromatic heterocycles. The summed E-state index contributed by atoms with van der Waals surface area (Å²) in [5.41, 5.74) is 5.14. The van der Waals surface area contributed by atoms with Crippen LogP contribution in [0.3, 0.4) is 0 Å². The molecule has 5 amide bonds. The minimum atomic E-state index is -0.850. The molecule has 4 unspecified atom stereocenters. The van der Waals surface area contributed by atoms with Crippen molar-refractivity contribution in [2.45, 2.75) is 195 Å². The van der Waals surface area contributed by atoms with Gasteiger partial charge in [-0.3, -0.25) is 43.3 Å². The summed E-state index contributed by atoms with van der Waals surface area (Å²) >= 11 is 3.87. The summed E-state index contributed by atoms with van der Waals surface area (Å²) < 4.78 is 156. The van der Waals surface area contributed by atoms with Gasteiger partial charge in [0.05, 0.1) is 113 Å². The number of carbonyl (C=O) groups is 9. The summed E-state index contributed by atoms with van der Waals surface area (Å²) in [4.78, 5) is 135. The van der Waals surface area contributed by atoms with Gasteiger partial charge >= 0.3 is 30.5 Å². The SMILES string of the molecule is CC(=O)CC[C@@H]1OC(=O)N2c3cc(F)c(N4CC5(COC5)C4)cc3OC[C@@H]12.CC(=O)CC[C@@H]1OC(=O)N2c3cc(F)c(N4CCS(=O)CC4)cc3OC[C@@H]12.O=C(CC[C@@H]1OC(=O)N2c3cc(F)c(N4C5CCC4CSC5)cc3OC[C@@H]12)c1cnccn1.O=C(CC[C@@H]1OC(=O)N2c3cc(F)c(N4CC5(COC5)C4)cc3OC[C@@H]12)C1CC1.O=C1O[C@@H](Cn2ccnn2)[C@@H]2COc3cc(N4C5CCC4CSC5)c(F)cc3N12. The second kappa shape index (κ2) is 39.2. The van der Waals surface area contributed by atoms with E-state index in [1.54, 1.807) is 47.4 Å². The van der Waals surface area contributed by atoms with Gasteiger partial charge in [0.2, 0.25) is 0 Å². The number of benzene rings is 5. The van der Waals surface area contributed by atoms with Gasteiger partial charge in [0.25, 0.3) is 0 Å². The Bertz CT molecular complexity index is 6260. The van der Waals surface area contributed by atoms with Gasteiger partial charge in [0.15, 0.2) is 5.78 Å². The molecule has 37 nitrogen and oxygen atoms in total. The standard InChI is InChI=1S/C23H23FN4O4S.C21H23FN2O5.C19H20FN5O3S.C19H21FN2O5.C18H21FN2O5S/c24-15-7-18-22(8-17(15)27-13-1-2-14(27)12-33-11-13)31-10-19-21(32-23(30)28(18)19)4-3-20(29)16-9-25-5-6-26-16;22-13-5-15-19(6-14(13)23-8-21(9-23)10-27-11-21)28-7-16-18(29-20(26)24(15)16)4-3-17(25)12-1-2-12;20-13-5-15-17(6-14(13)24-11-1-2-12(24)10-29-9-11)27-8-16-18(28-19(26)25(15)16)7-23-4-3-21-22-23;1-11(23)2-3-16-15-6-26-17-5-13(21-7-19(8-21)9-25-10-19)12(20)4-14(17)22(15)18(24)27-16;1-11(22)2-3-16-15-10-25-17-9-13(20-4-6-27(24)7-5-20)12(19)8-14(17)21(15)18(23)26-16/h5-9,13-14,19,21H,1-4,10-12H2;5-6,12,16,18H,1-4,7-11H2;3-6,11-12,16,18H,1-2,7-10H2;4-5,15-16H,2-3,6-10H2,1H3;8-9,15-16H,2-7,10H2,1H3/t13?,14?,19-,21-;16-,18-;11?,12?,16-,18-;2*15-,16-/m00000/s1. The lowest BCUT2D eigenvalue weighted by atomic mass is 9.77. The molecule has 27 rings (SSSR count). The number of fused-ring (bicyclic) bond motifs is 19. The van der Waals surface area contributed by atoms with E-state index in [0.29, 0.717) is 192 Å². The number of ether oxygens (including phenoxy) is 12. The molecule has 20 aliphatic rings. The van der Waals surface area contributed by atoms with Crippen LogP contribution in [0.1, 0.15) is 114 Å². The number of ketones is 4. The minimum Gasteiger partial charge on any atom is -0.489 e. The Balaban J connectivity index is 0.000000100. The molecule has 14 atom stereocenters. The third-order valence-electron chi connectivity index (χ3n) is 31.1. The number of rotatable bonds is 21. The zero-order valence-electron chi connectivity index (χ0n) is 79.6. The van der Waals surface area contributed by atoms with E-state index in [1.165, 1.54) is 87.3 Å². The lowest BCUT2D eigenvalue weighted by Gasteiger charge is -2.56. The van der Waals surface area contributed by atoms with Gasteiger partial charge in [-0.15, -0.1) is 5.10 Å². The fourth-order valence-electron chi connectivity index (χ4n) is 23.4. The Morgan fingerprint density at radius 1 is 0.414 bits per heavy atom. The van der Waals surface area contributed by atoms with Crippen molar-refractivity contribution in [2.24, 2.45) is 16.7 Å². The molecule has 5 aromatic carbocycles. The van der Waals surface area contributed by atoms with Crippen molar-refractivity contribution in [3.63, 3.8) is 0 Å². The van der Waals surface area contributed by atoms with Crippen molar-refractivity contribution in [2.75, 3.05) is 182 Å². The molecule has 1 saturated carbocycles. The molecular weight excluding hydrogens is 1950 g/mol.